The highest BCUT2D eigenvalue weighted by molar-refractivity contribution is 6.28. The van der Waals surface area contributed by atoms with E-state index in [9.17, 15) is 13.2 Å². The van der Waals surface area contributed by atoms with Crippen molar-refractivity contribution in [2.24, 2.45) is 0 Å². The topological polar surface area (TPSA) is 12.0 Å². The van der Waals surface area contributed by atoms with E-state index >= 15 is 0 Å². The minimum Gasteiger partial charge on any atom is -0.317 e. The summed E-state index contributed by atoms with van der Waals surface area (Å²) in [5.41, 5.74) is 0. The Morgan fingerprint density at radius 2 is 1.45 bits per heavy atom. The fraction of sp³-hybridized carbons (Fsp3) is 0.667. The van der Waals surface area contributed by atoms with Crippen LogP contribution in [0.25, 0.3) is 0 Å². The van der Waals surface area contributed by atoms with Crippen molar-refractivity contribution in [3.8, 4) is 0 Å². The molecule has 0 aromatic carbocycles. The molecule has 0 aliphatic carbocycles. The van der Waals surface area contributed by atoms with Crippen molar-refractivity contribution in [2.75, 3.05) is 13.1 Å². The highest BCUT2D eigenvalue weighted by atomic mass is 35.5. The molecule has 0 spiro atoms. The van der Waals surface area contributed by atoms with Crippen LogP contribution < -0.4 is 5.32 Å². The molecule has 0 aromatic heterocycles. The molecule has 0 rings (SSSR count). The van der Waals surface area contributed by atoms with Gasteiger partial charge in [-0.3, -0.25) is 0 Å². The Hall–Kier alpha value is -0.220. The average molecular weight is 190 g/mol. The number of nitrogens with one attached hydrogen (secondary N) is 1. The van der Waals surface area contributed by atoms with E-state index in [1.165, 1.54) is 0 Å². The van der Waals surface area contributed by atoms with Crippen LogP contribution in [0.15, 0.2) is 11.4 Å². The quantitative estimate of drug-likeness (QED) is 0.705. The molecule has 0 saturated carbocycles. The van der Waals surface area contributed by atoms with Crippen LogP contribution in [0, 0.1) is 0 Å². The van der Waals surface area contributed by atoms with Crippen molar-refractivity contribution in [1.29, 1.82) is 0 Å². The number of rotatable bonds is 2. The first-order valence-corrected chi connectivity index (χ1v) is 3.51. The molecule has 1 N–H and O–H groups in total. The molecule has 0 aliphatic rings. The minimum absolute atomic E-state index is 1.09. The van der Waals surface area contributed by atoms with Crippen molar-refractivity contribution in [3.63, 3.8) is 0 Å². The third-order valence-corrected chi connectivity index (χ3v) is 0.786. The zero-order valence-electron chi connectivity index (χ0n) is 6.43. The van der Waals surface area contributed by atoms with Crippen LogP contribution in [0.4, 0.5) is 13.2 Å². The molecule has 68 valence electrons. The predicted octanol–water partition coefficient (Wildman–Crippen LogP) is 2.88. The molecule has 0 amide bonds. The highest BCUT2D eigenvalue weighted by Crippen LogP contribution is 2.11. The van der Waals surface area contributed by atoms with Crippen LogP contribution in [0.1, 0.15) is 13.8 Å². The summed E-state index contributed by atoms with van der Waals surface area (Å²) in [4.78, 5) is 0. The van der Waals surface area contributed by atoms with Gasteiger partial charge in [-0.2, -0.15) is 13.2 Å². The molecule has 0 saturated heterocycles. The van der Waals surface area contributed by atoms with E-state index in [0.29, 0.717) is 0 Å². The van der Waals surface area contributed by atoms with E-state index in [1.807, 2.05) is 0 Å². The monoisotopic (exact) mass is 189 g/mol. The molecule has 1 nitrogen and oxygen atoms in total. The van der Waals surface area contributed by atoms with Gasteiger partial charge in [-0.25, -0.2) is 0 Å². The lowest BCUT2D eigenvalue weighted by molar-refractivity contribution is 0.393. The molecule has 0 aliphatic heterocycles. The molecule has 0 aromatic rings. The fourth-order valence-electron chi connectivity index (χ4n) is 0.250. The number of halogens is 4. The largest absolute Gasteiger partial charge is 0.317 e. The summed E-state index contributed by atoms with van der Waals surface area (Å²) in [5, 5.41) is 1.18. The lowest BCUT2D eigenvalue weighted by atomic mass is 10.7. The standard InChI is InChI=1S/C4H11N.C2ClF3/c1-3-5-4-2;3-1(4)2(5)6/h5H,3-4H2,1-2H3;. The molecule has 0 fully saturated rings. The Morgan fingerprint density at radius 1 is 1.18 bits per heavy atom. The van der Waals surface area contributed by atoms with Crippen LogP contribution in [-0.4, -0.2) is 13.1 Å². The number of hydrogen-bond donors (Lipinski definition) is 1. The summed E-state index contributed by atoms with van der Waals surface area (Å²) in [6.45, 7) is 6.39. The van der Waals surface area contributed by atoms with E-state index in [1.54, 1.807) is 0 Å². The lowest BCUT2D eigenvalue weighted by Gasteiger charge is -1.86. The average Bonchev–Trinajstić information content (AvgIpc) is 1.90. The second-order valence-corrected chi connectivity index (χ2v) is 1.81. The zero-order chi connectivity index (χ0) is 9.28. The van der Waals surface area contributed by atoms with Gasteiger partial charge in [0.2, 0.25) is 0 Å². The van der Waals surface area contributed by atoms with Gasteiger partial charge in [-0.1, -0.05) is 13.8 Å². The maximum Gasteiger partial charge on any atom is 0.317 e. The zero-order valence-corrected chi connectivity index (χ0v) is 7.18. The third-order valence-electron chi connectivity index (χ3n) is 0.643. The summed E-state index contributed by atoms with van der Waals surface area (Å²) in [5.74, 6) is 0. The minimum atomic E-state index is -2.48. The molecule has 0 unspecified atom stereocenters. The lowest BCUT2D eigenvalue weighted by Crippen LogP contribution is -2.09. The van der Waals surface area contributed by atoms with E-state index in [2.05, 4.69) is 30.8 Å². The molecule has 11 heavy (non-hydrogen) atoms. The molecule has 5 heteroatoms. The smallest absolute Gasteiger partial charge is 0.317 e. The molecular weight excluding hydrogens is 179 g/mol. The van der Waals surface area contributed by atoms with Crippen LogP contribution in [0.5, 0.6) is 0 Å². The first-order valence-electron chi connectivity index (χ1n) is 3.13. The van der Waals surface area contributed by atoms with E-state index in [-0.39, 0.29) is 0 Å². The van der Waals surface area contributed by atoms with Crippen molar-refractivity contribution in [3.05, 3.63) is 11.4 Å². The Bertz CT molecular complexity index is 96.4. The fourth-order valence-corrected chi connectivity index (χ4v) is 0.250. The summed E-state index contributed by atoms with van der Waals surface area (Å²) >= 11 is 4.08. The summed E-state index contributed by atoms with van der Waals surface area (Å²) in [6.07, 6.45) is -2.48. The van der Waals surface area contributed by atoms with Crippen molar-refractivity contribution in [2.45, 2.75) is 13.8 Å². The maximum atomic E-state index is 10.7. The van der Waals surface area contributed by atoms with E-state index < -0.39 is 11.4 Å². The van der Waals surface area contributed by atoms with Gasteiger partial charge < -0.3 is 5.32 Å². The predicted molar refractivity (Wildman–Crippen MR) is 40.4 cm³/mol. The Morgan fingerprint density at radius 3 is 1.45 bits per heavy atom. The van der Waals surface area contributed by atoms with Gasteiger partial charge in [0.1, 0.15) is 0 Å². The van der Waals surface area contributed by atoms with Gasteiger partial charge in [-0.05, 0) is 24.7 Å². The summed E-state index contributed by atoms with van der Waals surface area (Å²) in [7, 11) is 0. The van der Waals surface area contributed by atoms with Gasteiger partial charge >= 0.3 is 6.08 Å². The molecule has 0 heterocycles. The van der Waals surface area contributed by atoms with Crippen LogP contribution in [0.3, 0.4) is 0 Å². The second kappa shape index (κ2) is 9.78. The Balaban J connectivity index is 0. The third kappa shape index (κ3) is 17.7. The molecular formula is C6H11ClF3N. The van der Waals surface area contributed by atoms with E-state index in [0.717, 1.165) is 13.1 Å². The van der Waals surface area contributed by atoms with E-state index in [4.69, 9.17) is 0 Å². The highest BCUT2D eigenvalue weighted by Gasteiger charge is 1.95. The Kier molecular flexibility index (Phi) is 11.9. The van der Waals surface area contributed by atoms with Crippen LogP contribution >= 0.6 is 11.6 Å². The van der Waals surface area contributed by atoms with Crippen molar-refractivity contribution >= 4 is 11.6 Å². The summed E-state index contributed by atoms with van der Waals surface area (Å²) in [6, 6.07) is 0. The van der Waals surface area contributed by atoms with Crippen molar-refractivity contribution < 1.29 is 13.2 Å². The van der Waals surface area contributed by atoms with Gasteiger partial charge in [0.05, 0.1) is 0 Å². The van der Waals surface area contributed by atoms with Gasteiger partial charge in [0.25, 0.3) is 5.29 Å². The molecule has 0 bridgehead atoms. The normalized spacial score (nSPS) is 8.18. The van der Waals surface area contributed by atoms with Gasteiger partial charge in [-0.15, -0.1) is 0 Å². The number of hydrogen-bond acceptors (Lipinski definition) is 1. The van der Waals surface area contributed by atoms with Crippen LogP contribution in [0.2, 0.25) is 0 Å². The Labute approximate surface area is 69.2 Å². The maximum absolute atomic E-state index is 10.7. The first kappa shape index (κ1) is 13.4. The van der Waals surface area contributed by atoms with Gasteiger partial charge in [0, 0.05) is 0 Å². The molecule has 0 radical (unpaired) electrons. The first-order chi connectivity index (χ1) is 5.06. The van der Waals surface area contributed by atoms with Crippen molar-refractivity contribution in [1.82, 2.24) is 5.32 Å². The van der Waals surface area contributed by atoms with Crippen LogP contribution in [-0.2, 0) is 0 Å². The summed E-state index contributed by atoms with van der Waals surface area (Å²) < 4.78 is 31.8. The SMILES string of the molecule is CCNCC.FC(F)=C(F)Cl. The van der Waals surface area contributed by atoms with Gasteiger partial charge in [0.15, 0.2) is 0 Å². The molecule has 0 atom stereocenters. The second-order valence-electron chi connectivity index (χ2n) is 1.48.